The Balaban J connectivity index is 2.05. The van der Waals surface area contributed by atoms with E-state index in [1.165, 1.54) is 6.42 Å². The maximum atomic E-state index is 8.94. The van der Waals surface area contributed by atoms with Crippen molar-refractivity contribution in [2.24, 2.45) is 0 Å². The van der Waals surface area contributed by atoms with E-state index in [1.54, 1.807) is 6.92 Å². The van der Waals surface area contributed by atoms with Gasteiger partial charge in [0.25, 0.3) is 0 Å². The monoisotopic (exact) mass is 159 g/mol. The molecule has 0 saturated carbocycles. The van der Waals surface area contributed by atoms with Crippen LogP contribution in [0.4, 0.5) is 0 Å². The lowest BCUT2D eigenvalue weighted by molar-refractivity contribution is -0.0119. The summed E-state index contributed by atoms with van der Waals surface area (Å²) in [5.74, 6) is 0. The molecule has 0 spiro atoms. The van der Waals surface area contributed by atoms with Crippen LogP contribution in [0.5, 0.6) is 0 Å². The van der Waals surface area contributed by atoms with Crippen LogP contribution in [0.25, 0.3) is 0 Å². The molecule has 2 N–H and O–H groups in total. The zero-order valence-corrected chi connectivity index (χ0v) is 7.05. The third-order valence-electron chi connectivity index (χ3n) is 1.82. The van der Waals surface area contributed by atoms with Gasteiger partial charge in [-0.25, -0.2) is 0 Å². The topological polar surface area (TPSA) is 41.5 Å². The molecule has 1 heterocycles. The second kappa shape index (κ2) is 4.70. The minimum Gasteiger partial charge on any atom is -0.391 e. The molecule has 1 aliphatic heterocycles. The number of ether oxygens (including phenoxy) is 1. The van der Waals surface area contributed by atoms with Gasteiger partial charge in [-0.1, -0.05) is 0 Å². The van der Waals surface area contributed by atoms with E-state index in [4.69, 9.17) is 9.84 Å². The molecule has 3 nitrogen and oxygen atoms in total. The molecule has 0 radical (unpaired) electrons. The highest BCUT2D eigenvalue weighted by Gasteiger charge is 2.13. The van der Waals surface area contributed by atoms with E-state index in [0.29, 0.717) is 12.7 Å². The van der Waals surface area contributed by atoms with Crippen molar-refractivity contribution in [2.75, 3.05) is 19.7 Å². The summed E-state index contributed by atoms with van der Waals surface area (Å²) in [6.45, 7) is 4.25. The minimum absolute atomic E-state index is 0.318. The fourth-order valence-corrected chi connectivity index (χ4v) is 1.24. The van der Waals surface area contributed by atoms with Gasteiger partial charge in [-0.2, -0.15) is 0 Å². The largest absolute Gasteiger partial charge is 0.391 e. The summed E-state index contributed by atoms with van der Waals surface area (Å²) in [5, 5.41) is 12.2. The van der Waals surface area contributed by atoms with Crippen LogP contribution in [0.15, 0.2) is 0 Å². The molecule has 0 amide bonds. The van der Waals surface area contributed by atoms with Gasteiger partial charge in [0.1, 0.15) is 0 Å². The fraction of sp³-hybridized carbons (Fsp3) is 1.00. The van der Waals surface area contributed by atoms with Crippen molar-refractivity contribution in [1.29, 1.82) is 0 Å². The zero-order chi connectivity index (χ0) is 8.10. The molecule has 1 rings (SSSR count). The van der Waals surface area contributed by atoms with E-state index in [1.807, 2.05) is 0 Å². The van der Waals surface area contributed by atoms with Gasteiger partial charge in [0.15, 0.2) is 0 Å². The average Bonchev–Trinajstić information content (AvgIpc) is 2.03. The van der Waals surface area contributed by atoms with Crippen molar-refractivity contribution in [1.82, 2.24) is 5.32 Å². The van der Waals surface area contributed by atoms with Crippen LogP contribution in [0.3, 0.4) is 0 Å². The quantitative estimate of drug-likeness (QED) is 0.615. The van der Waals surface area contributed by atoms with Gasteiger partial charge in [0.05, 0.1) is 18.8 Å². The number of nitrogens with one attached hydrogen (secondary N) is 1. The summed E-state index contributed by atoms with van der Waals surface area (Å²) in [5.41, 5.74) is 0. The smallest absolute Gasteiger partial charge is 0.0745 e. The van der Waals surface area contributed by atoms with Crippen molar-refractivity contribution in [3.05, 3.63) is 0 Å². The number of hydrogen-bond acceptors (Lipinski definition) is 3. The molecule has 0 aromatic rings. The number of piperidine rings is 1. The normalized spacial score (nSPS) is 28.4. The average molecular weight is 159 g/mol. The number of hydrogen-bond donors (Lipinski definition) is 2. The van der Waals surface area contributed by atoms with Crippen LogP contribution in [0, 0.1) is 0 Å². The highest BCUT2D eigenvalue weighted by Crippen LogP contribution is 2.05. The lowest BCUT2D eigenvalue weighted by Gasteiger charge is -2.23. The summed E-state index contributed by atoms with van der Waals surface area (Å²) in [4.78, 5) is 0. The summed E-state index contributed by atoms with van der Waals surface area (Å²) in [6.07, 6.45) is 2.29. The van der Waals surface area contributed by atoms with E-state index < -0.39 is 0 Å². The molecule has 1 saturated heterocycles. The fourth-order valence-electron chi connectivity index (χ4n) is 1.24. The Morgan fingerprint density at radius 2 is 2.55 bits per heavy atom. The Labute approximate surface area is 67.7 Å². The number of rotatable bonds is 3. The van der Waals surface area contributed by atoms with Gasteiger partial charge in [-0.15, -0.1) is 0 Å². The first-order chi connectivity index (χ1) is 5.29. The maximum absolute atomic E-state index is 8.94. The highest BCUT2D eigenvalue weighted by molar-refractivity contribution is 4.68. The summed E-state index contributed by atoms with van der Waals surface area (Å²) in [6, 6.07) is 0. The van der Waals surface area contributed by atoms with Crippen LogP contribution in [0.2, 0.25) is 0 Å². The number of aliphatic hydroxyl groups is 1. The van der Waals surface area contributed by atoms with Gasteiger partial charge in [-0.3, -0.25) is 0 Å². The Bertz CT molecular complexity index is 100. The second-order valence-corrected chi connectivity index (χ2v) is 3.15. The van der Waals surface area contributed by atoms with E-state index in [9.17, 15) is 0 Å². The molecule has 11 heavy (non-hydrogen) atoms. The van der Waals surface area contributed by atoms with Crippen LogP contribution in [-0.4, -0.2) is 37.0 Å². The van der Waals surface area contributed by atoms with E-state index >= 15 is 0 Å². The molecular weight excluding hydrogens is 142 g/mol. The van der Waals surface area contributed by atoms with Crippen LogP contribution >= 0.6 is 0 Å². The molecule has 2 atom stereocenters. The molecule has 1 aliphatic rings. The molecule has 0 bridgehead atoms. The first-order valence-electron chi connectivity index (χ1n) is 4.29. The summed E-state index contributed by atoms with van der Waals surface area (Å²) < 4.78 is 5.43. The lowest BCUT2D eigenvalue weighted by Crippen LogP contribution is -2.36. The van der Waals surface area contributed by atoms with Crippen molar-refractivity contribution >= 4 is 0 Å². The summed E-state index contributed by atoms with van der Waals surface area (Å²) in [7, 11) is 0. The predicted octanol–water partition coefficient (Wildman–Crippen LogP) is 0.136. The lowest BCUT2D eigenvalue weighted by atomic mass is 10.1. The first kappa shape index (κ1) is 8.97. The molecule has 66 valence electrons. The van der Waals surface area contributed by atoms with Crippen LogP contribution < -0.4 is 5.32 Å². The van der Waals surface area contributed by atoms with E-state index in [2.05, 4.69) is 5.32 Å². The molecule has 3 heteroatoms. The summed E-state index contributed by atoms with van der Waals surface area (Å²) >= 11 is 0. The van der Waals surface area contributed by atoms with Crippen LogP contribution in [-0.2, 0) is 4.74 Å². The Kier molecular flexibility index (Phi) is 3.83. The molecule has 0 aliphatic carbocycles. The third-order valence-corrected chi connectivity index (χ3v) is 1.82. The zero-order valence-electron chi connectivity index (χ0n) is 7.05. The molecule has 0 aromatic heterocycles. The van der Waals surface area contributed by atoms with Gasteiger partial charge in [-0.05, 0) is 26.3 Å². The first-order valence-corrected chi connectivity index (χ1v) is 4.29. The molecule has 1 fully saturated rings. The maximum Gasteiger partial charge on any atom is 0.0745 e. The Morgan fingerprint density at radius 1 is 1.73 bits per heavy atom. The Hall–Kier alpha value is -0.120. The SMILES string of the molecule is CC(O)COC1CCCNC1. The van der Waals surface area contributed by atoms with Gasteiger partial charge < -0.3 is 15.2 Å². The van der Waals surface area contributed by atoms with Gasteiger partial charge in [0, 0.05) is 6.54 Å². The standard InChI is InChI=1S/C8H17NO2/c1-7(10)6-11-8-3-2-4-9-5-8/h7-10H,2-6H2,1H3. The molecular formula is C8H17NO2. The molecule has 2 unspecified atom stereocenters. The minimum atomic E-state index is -0.336. The van der Waals surface area contributed by atoms with Crippen molar-refractivity contribution in [3.63, 3.8) is 0 Å². The second-order valence-electron chi connectivity index (χ2n) is 3.15. The van der Waals surface area contributed by atoms with Crippen LogP contribution in [0.1, 0.15) is 19.8 Å². The van der Waals surface area contributed by atoms with E-state index in [-0.39, 0.29) is 6.10 Å². The number of aliphatic hydroxyl groups excluding tert-OH is 1. The van der Waals surface area contributed by atoms with Crippen molar-refractivity contribution in [2.45, 2.75) is 32.0 Å². The predicted molar refractivity (Wildman–Crippen MR) is 43.5 cm³/mol. The third kappa shape index (κ3) is 3.70. The van der Waals surface area contributed by atoms with Crippen molar-refractivity contribution < 1.29 is 9.84 Å². The highest BCUT2D eigenvalue weighted by atomic mass is 16.5. The van der Waals surface area contributed by atoms with Gasteiger partial charge >= 0.3 is 0 Å². The van der Waals surface area contributed by atoms with E-state index in [0.717, 1.165) is 19.5 Å². The van der Waals surface area contributed by atoms with Gasteiger partial charge in [0.2, 0.25) is 0 Å². The van der Waals surface area contributed by atoms with Crippen molar-refractivity contribution in [3.8, 4) is 0 Å². The Morgan fingerprint density at radius 3 is 3.09 bits per heavy atom. The molecule has 0 aromatic carbocycles.